The van der Waals surface area contributed by atoms with Gasteiger partial charge in [0.1, 0.15) is 5.60 Å². The van der Waals surface area contributed by atoms with Crippen molar-refractivity contribution in [3.8, 4) is 0 Å². The van der Waals surface area contributed by atoms with Crippen LogP contribution < -0.4 is 0 Å². The highest BCUT2D eigenvalue weighted by atomic mass is 32.2. The van der Waals surface area contributed by atoms with Crippen molar-refractivity contribution in [3.05, 3.63) is 0 Å². The van der Waals surface area contributed by atoms with Crippen molar-refractivity contribution >= 4 is 29.0 Å². The SMILES string of the molecule is CC(C)(C)OC(=O)N1CCN(CCCN2C(=O)CSC2=O)CC1. The lowest BCUT2D eigenvalue weighted by Gasteiger charge is -2.35. The fourth-order valence-corrected chi connectivity index (χ4v) is 3.28. The molecule has 0 aromatic heterocycles. The Labute approximate surface area is 141 Å². The van der Waals surface area contributed by atoms with E-state index in [0.717, 1.165) is 37.8 Å². The molecule has 0 spiro atoms. The third kappa shape index (κ3) is 5.39. The fourth-order valence-electron chi connectivity index (χ4n) is 2.53. The maximum Gasteiger partial charge on any atom is 0.410 e. The molecule has 7 nitrogen and oxygen atoms in total. The number of hydrogen-bond donors (Lipinski definition) is 0. The lowest BCUT2D eigenvalue weighted by atomic mass is 10.2. The van der Waals surface area contributed by atoms with E-state index in [1.807, 2.05) is 20.8 Å². The molecule has 0 aliphatic carbocycles. The van der Waals surface area contributed by atoms with Gasteiger partial charge in [-0.2, -0.15) is 0 Å². The van der Waals surface area contributed by atoms with Crippen molar-refractivity contribution in [2.45, 2.75) is 32.8 Å². The van der Waals surface area contributed by atoms with E-state index in [9.17, 15) is 14.4 Å². The molecule has 0 saturated carbocycles. The summed E-state index contributed by atoms with van der Waals surface area (Å²) in [5.41, 5.74) is -0.471. The van der Waals surface area contributed by atoms with Crippen LogP contribution in [0.15, 0.2) is 0 Å². The molecule has 0 unspecified atom stereocenters. The molecule has 0 atom stereocenters. The minimum Gasteiger partial charge on any atom is -0.444 e. The van der Waals surface area contributed by atoms with Crippen LogP contribution in [-0.2, 0) is 9.53 Å². The minimum atomic E-state index is -0.471. The van der Waals surface area contributed by atoms with Crippen molar-refractivity contribution < 1.29 is 19.1 Å². The molecular weight excluding hydrogens is 318 g/mol. The van der Waals surface area contributed by atoms with E-state index in [2.05, 4.69) is 4.90 Å². The fraction of sp³-hybridized carbons (Fsp3) is 0.800. The Bertz CT molecular complexity index is 454. The molecule has 2 saturated heterocycles. The molecule has 2 aliphatic heterocycles. The van der Waals surface area contributed by atoms with Crippen LogP contribution in [0.1, 0.15) is 27.2 Å². The number of ether oxygens (including phenoxy) is 1. The first-order valence-corrected chi connectivity index (χ1v) is 8.92. The second kappa shape index (κ2) is 7.53. The normalized spacial score (nSPS) is 20.3. The van der Waals surface area contributed by atoms with Gasteiger partial charge in [0.05, 0.1) is 5.75 Å². The van der Waals surface area contributed by atoms with Crippen LogP contribution in [0.25, 0.3) is 0 Å². The number of thioether (sulfide) groups is 1. The number of carbonyl (C=O) groups excluding carboxylic acids is 3. The molecule has 0 aromatic carbocycles. The van der Waals surface area contributed by atoms with E-state index in [1.54, 1.807) is 4.90 Å². The number of piperazine rings is 1. The summed E-state index contributed by atoms with van der Waals surface area (Å²) in [5.74, 6) is 0.183. The van der Waals surface area contributed by atoms with Gasteiger partial charge in [-0.3, -0.25) is 19.4 Å². The summed E-state index contributed by atoms with van der Waals surface area (Å²) >= 11 is 1.07. The van der Waals surface area contributed by atoms with Gasteiger partial charge in [0.25, 0.3) is 5.24 Å². The lowest BCUT2D eigenvalue weighted by Crippen LogP contribution is -2.50. The van der Waals surface area contributed by atoms with Crippen LogP contribution in [0, 0.1) is 0 Å². The van der Waals surface area contributed by atoms with E-state index in [0.29, 0.717) is 19.6 Å². The van der Waals surface area contributed by atoms with Gasteiger partial charge < -0.3 is 9.64 Å². The number of imide groups is 1. The molecule has 2 aliphatic rings. The molecule has 3 amide bonds. The second-order valence-electron chi connectivity index (χ2n) is 6.76. The topological polar surface area (TPSA) is 70.2 Å². The van der Waals surface area contributed by atoms with E-state index >= 15 is 0 Å². The maximum atomic E-state index is 12.0. The Hall–Kier alpha value is -1.28. The van der Waals surface area contributed by atoms with E-state index in [4.69, 9.17) is 4.74 Å². The van der Waals surface area contributed by atoms with Crippen LogP contribution >= 0.6 is 11.8 Å². The van der Waals surface area contributed by atoms with Crippen LogP contribution in [0.3, 0.4) is 0 Å². The van der Waals surface area contributed by atoms with Crippen molar-refractivity contribution in [2.24, 2.45) is 0 Å². The molecule has 0 aromatic rings. The number of amides is 3. The largest absolute Gasteiger partial charge is 0.444 e. The highest BCUT2D eigenvalue weighted by Crippen LogP contribution is 2.19. The molecule has 8 heteroatoms. The second-order valence-corrected chi connectivity index (χ2v) is 7.69. The quantitative estimate of drug-likeness (QED) is 0.773. The molecular formula is C15H25N3O4S. The van der Waals surface area contributed by atoms with Crippen LogP contribution in [0.4, 0.5) is 9.59 Å². The van der Waals surface area contributed by atoms with Gasteiger partial charge in [-0.15, -0.1) is 0 Å². The van der Waals surface area contributed by atoms with Gasteiger partial charge in [-0.1, -0.05) is 11.8 Å². The molecule has 0 bridgehead atoms. The Morgan fingerprint density at radius 1 is 1.13 bits per heavy atom. The first-order valence-electron chi connectivity index (χ1n) is 7.94. The van der Waals surface area contributed by atoms with Crippen LogP contribution in [0.5, 0.6) is 0 Å². The lowest BCUT2D eigenvalue weighted by molar-refractivity contribution is -0.124. The van der Waals surface area contributed by atoms with Crippen LogP contribution in [0.2, 0.25) is 0 Å². The Morgan fingerprint density at radius 3 is 2.30 bits per heavy atom. The summed E-state index contributed by atoms with van der Waals surface area (Å²) in [6.45, 7) is 9.76. The predicted octanol–water partition coefficient (Wildman–Crippen LogP) is 1.62. The van der Waals surface area contributed by atoms with E-state index in [1.165, 1.54) is 4.90 Å². The Morgan fingerprint density at radius 2 is 1.78 bits per heavy atom. The maximum absolute atomic E-state index is 12.0. The van der Waals surface area contributed by atoms with E-state index < -0.39 is 5.60 Å². The summed E-state index contributed by atoms with van der Waals surface area (Å²) in [5, 5.41) is -0.134. The predicted molar refractivity (Wildman–Crippen MR) is 88.4 cm³/mol. The molecule has 0 radical (unpaired) electrons. The van der Waals surface area contributed by atoms with Gasteiger partial charge in [0.15, 0.2) is 0 Å². The molecule has 2 fully saturated rings. The first kappa shape index (κ1) is 18.1. The van der Waals surface area contributed by atoms with Crippen molar-refractivity contribution in [1.29, 1.82) is 0 Å². The van der Waals surface area contributed by atoms with Gasteiger partial charge in [-0.25, -0.2) is 4.79 Å². The third-order valence-electron chi connectivity index (χ3n) is 3.72. The Balaban J connectivity index is 1.66. The van der Waals surface area contributed by atoms with Crippen molar-refractivity contribution in [2.75, 3.05) is 45.0 Å². The number of hydrogen-bond acceptors (Lipinski definition) is 6. The number of rotatable bonds is 4. The zero-order chi connectivity index (χ0) is 17.0. The number of carbonyl (C=O) groups is 3. The highest BCUT2D eigenvalue weighted by Gasteiger charge is 2.30. The average Bonchev–Trinajstić information content (AvgIpc) is 2.78. The standard InChI is InChI=1S/C15H25N3O4S/c1-15(2,3)22-13(20)17-9-7-16(8-10-17)5-4-6-18-12(19)11-23-14(18)21/h4-11H2,1-3H3. The van der Waals surface area contributed by atoms with Gasteiger partial charge >= 0.3 is 6.09 Å². The third-order valence-corrected chi connectivity index (χ3v) is 4.58. The summed E-state index contributed by atoms with van der Waals surface area (Å²) in [6.07, 6.45) is 0.507. The van der Waals surface area contributed by atoms with Crippen molar-refractivity contribution in [3.63, 3.8) is 0 Å². The summed E-state index contributed by atoms with van der Waals surface area (Å²) in [7, 11) is 0. The molecule has 2 heterocycles. The Kier molecular flexibility index (Phi) is 5.91. The van der Waals surface area contributed by atoms with Gasteiger partial charge in [0, 0.05) is 32.7 Å². The summed E-state index contributed by atoms with van der Waals surface area (Å²) in [4.78, 5) is 40.3. The van der Waals surface area contributed by atoms with Gasteiger partial charge in [-0.05, 0) is 33.7 Å². The molecule has 2 rings (SSSR count). The van der Waals surface area contributed by atoms with E-state index in [-0.39, 0.29) is 23.0 Å². The van der Waals surface area contributed by atoms with Crippen molar-refractivity contribution in [1.82, 2.24) is 14.7 Å². The highest BCUT2D eigenvalue weighted by molar-refractivity contribution is 8.14. The zero-order valence-corrected chi connectivity index (χ0v) is 14.9. The monoisotopic (exact) mass is 343 g/mol. The molecule has 0 N–H and O–H groups in total. The smallest absolute Gasteiger partial charge is 0.410 e. The van der Waals surface area contributed by atoms with Crippen LogP contribution in [-0.4, -0.2) is 82.6 Å². The van der Waals surface area contributed by atoms with Gasteiger partial charge in [0.2, 0.25) is 5.91 Å². The molecule has 23 heavy (non-hydrogen) atoms. The minimum absolute atomic E-state index is 0.0882. The summed E-state index contributed by atoms with van der Waals surface area (Å²) < 4.78 is 5.37. The first-order chi connectivity index (χ1) is 10.8. The average molecular weight is 343 g/mol. The zero-order valence-electron chi connectivity index (χ0n) is 14.0. The summed E-state index contributed by atoms with van der Waals surface area (Å²) in [6, 6.07) is 0. The molecule has 130 valence electrons. The number of nitrogens with zero attached hydrogens (tertiary/aromatic N) is 3.